The highest BCUT2D eigenvalue weighted by molar-refractivity contribution is 6.31. The molecule has 140 valence electrons. The number of hydrogen-bond donors (Lipinski definition) is 1. The molecule has 0 saturated carbocycles. The van der Waals surface area contributed by atoms with Crippen molar-refractivity contribution < 1.29 is 23.5 Å². The van der Waals surface area contributed by atoms with Gasteiger partial charge in [-0.05, 0) is 62.4 Å². The molecule has 0 aliphatic heterocycles. The van der Waals surface area contributed by atoms with Crippen LogP contribution in [0.3, 0.4) is 0 Å². The van der Waals surface area contributed by atoms with Gasteiger partial charge in [0, 0.05) is 16.1 Å². The van der Waals surface area contributed by atoms with Crippen LogP contribution in [0.25, 0.3) is 11.0 Å². The summed E-state index contributed by atoms with van der Waals surface area (Å²) in [6.07, 6.45) is -0.999. The first kappa shape index (κ1) is 18.8. The molecule has 0 aliphatic carbocycles. The first-order chi connectivity index (χ1) is 13.0. The molecule has 1 amide bonds. The Bertz CT molecular complexity index is 964. The van der Waals surface area contributed by atoms with Gasteiger partial charge in [0.1, 0.15) is 11.3 Å². The lowest BCUT2D eigenvalue weighted by molar-refractivity contribution is -0.123. The number of furan rings is 1. The summed E-state index contributed by atoms with van der Waals surface area (Å²) in [6.45, 7) is 3.94. The third kappa shape index (κ3) is 4.60. The average molecular weight is 388 g/mol. The normalized spacial score (nSPS) is 11.8. The van der Waals surface area contributed by atoms with Crippen LogP contribution in [0.15, 0.2) is 52.9 Å². The Labute approximate surface area is 161 Å². The highest BCUT2D eigenvalue weighted by atomic mass is 35.5. The van der Waals surface area contributed by atoms with Crippen LogP contribution in [-0.4, -0.2) is 24.6 Å². The maximum Gasteiger partial charge on any atom is 0.375 e. The topological polar surface area (TPSA) is 77.8 Å². The lowest BCUT2D eigenvalue weighted by Crippen LogP contribution is -2.29. The number of ether oxygens (including phenoxy) is 2. The van der Waals surface area contributed by atoms with Gasteiger partial charge in [-0.3, -0.25) is 4.79 Å². The van der Waals surface area contributed by atoms with Crippen LogP contribution >= 0.6 is 11.6 Å². The zero-order valence-electron chi connectivity index (χ0n) is 14.8. The molecule has 1 heterocycles. The number of carbonyl (C=O) groups excluding carboxylic acids is 2. The minimum absolute atomic E-state index is 0.00739. The molecule has 1 N–H and O–H groups in total. The van der Waals surface area contributed by atoms with Gasteiger partial charge in [0.2, 0.25) is 5.76 Å². The van der Waals surface area contributed by atoms with E-state index in [9.17, 15) is 9.59 Å². The predicted octanol–water partition coefficient (Wildman–Crippen LogP) is 4.67. The van der Waals surface area contributed by atoms with Crippen LogP contribution < -0.4 is 10.1 Å². The molecule has 0 unspecified atom stereocenters. The lowest BCUT2D eigenvalue weighted by Gasteiger charge is -2.13. The van der Waals surface area contributed by atoms with E-state index in [2.05, 4.69) is 5.32 Å². The lowest BCUT2D eigenvalue weighted by atomic mass is 10.2. The van der Waals surface area contributed by atoms with Crippen LogP contribution in [0.4, 0.5) is 5.69 Å². The Kier molecular flexibility index (Phi) is 5.66. The van der Waals surface area contributed by atoms with Gasteiger partial charge in [-0.25, -0.2) is 4.79 Å². The van der Waals surface area contributed by atoms with E-state index < -0.39 is 18.0 Å². The van der Waals surface area contributed by atoms with Gasteiger partial charge in [0.25, 0.3) is 5.91 Å². The largest absolute Gasteiger partial charge is 0.494 e. The standard InChI is InChI=1S/C20H18ClNO5/c1-3-25-16-7-5-15(6-8-16)22-19(23)12(2)26-20(24)18-11-13-10-14(21)4-9-17(13)27-18/h4-12H,3H2,1-2H3,(H,22,23)/t12-/m1/s1. The Morgan fingerprint density at radius 2 is 1.89 bits per heavy atom. The third-order valence-electron chi connectivity index (χ3n) is 3.77. The minimum Gasteiger partial charge on any atom is -0.494 e. The van der Waals surface area contributed by atoms with Gasteiger partial charge in [0.15, 0.2) is 6.10 Å². The van der Waals surface area contributed by atoms with Crippen molar-refractivity contribution in [3.8, 4) is 5.75 Å². The first-order valence-electron chi connectivity index (χ1n) is 8.40. The van der Waals surface area contributed by atoms with Crippen molar-refractivity contribution >= 4 is 40.1 Å². The molecule has 3 rings (SSSR count). The second kappa shape index (κ2) is 8.14. The molecule has 0 fully saturated rings. The van der Waals surface area contributed by atoms with Crippen LogP contribution in [0.2, 0.25) is 5.02 Å². The second-order valence-corrected chi connectivity index (χ2v) is 6.22. The molecule has 7 heteroatoms. The summed E-state index contributed by atoms with van der Waals surface area (Å²) < 4.78 is 16.0. The first-order valence-corrected chi connectivity index (χ1v) is 8.78. The minimum atomic E-state index is -0.999. The maximum atomic E-state index is 12.2. The summed E-state index contributed by atoms with van der Waals surface area (Å²) in [7, 11) is 0. The average Bonchev–Trinajstić information content (AvgIpc) is 3.06. The van der Waals surface area contributed by atoms with Crippen molar-refractivity contribution in [2.45, 2.75) is 20.0 Å². The summed E-state index contributed by atoms with van der Waals surface area (Å²) in [5.41, 5.74) is 1.09. The molecule has 1 atom stereocenters. The van der Waals surface area contributed by atoms with Crippen LogP contribution in [-0.2, 0) is 9.53 Å². The van der Waals surface area contributed by atoms with Gasteiger partial charge in [-0.2, -0.15) is 0 Å². The number of carbonyl (C=O) groups is 2. The van der Waals surface area contributed by atoms with Gasteiger partial charge < -0.3 is 19.2 Å². The SMILES string of the molecule is CCOc1ccc(NC(=O)[C@@H](C)OC(=O)c2cc3cc(Cl)ccc3o2)cc1. The quantitative estimate of drug-likeness (QED) is 0.622. The number of nitrogens with one attached hydrogen (secondary N) is 1. The smallest absolute Gasteiger partial charge is 0.375 e. The number of esters is 1. The molecule has 27 heavy (non-hydrogen) atoms. The van der Waals surface area contributed by atoms with Gasteiger partial charge in [0.05, 0.1) is 6.61 Å². The number of benzene rings is 2. The molecule has 2 aromatic carbocycles. The molecule has 3 aromatic rings. The van der Waals surface area contributed by atoms with Crippen molar-refractivity contribution in [2.24, 2.45) is 0 Å². The highest BCUT2D eigenvalue weighted by Crippen LogP contribution is 2.24. The van der Waals surface area contributed by atoms with Crippen molar-refractivity contribution in [3.63, 3.8) is 0 Å². The number of rotatable bonds is 6. The van der Waals surface area contributed by atoms with E-state index in [4.69, 9.17) is 25.5 Å². The summed E-state index contributed by atoms with van der Waals surface area (Å²) in [5.74, 6) is -0.462. The predicted molar refractivity (Wildman–Crippen MR) is 102 cm³/mol. The fourth-order valence-corrected chi connectivity index (χ4v) is 2.61. The Balaban J connectivity index is 1.61. The number of hydrogen-bond acceptors (Lipinski definition) is 5. The zero-order valence-corrected chi connectivity index (χ0v) is 15.6. The van der Waals surface area contributed by atoms with E-state index in [1.54, 1.807) is 42.5 Å². The Morgan fingerprint density at radius 3 is 2.59 bits per heavy atom. The van der Waals surface area contributed by atoms with Crippen molar-refractivity contribution in [1.29, 1.82) is 0 Å². The molecule has 0 bridgehead atoms. The Morgan fingerprint density at radius 1 is 1.15 bits per heavy atom. The molecule has 0 spiro atoms. The molecular weight excluding hydrogens is 370 g/mol. The van der Waals surface area contributed by atoms with Gasteiger partial charge >= 0.3 is 5.97 Å². The third-order valence-corrected chi connectivity index (χ3v) is 4.00. The van der Waals surface area contributed by atoms with Crippen LogP contribution in [0, 0.1) is 0 Å². The van der Waals surface area contributed by atoms with Crippen LogP contribution in [0.1, 0.15) is 24.4 Å². The number of fused-ring (bicyclic) bond motifs is 1. The van der Waals surface area contributed by atoms with Crippen LogP contribution in [0.5, 0.6) is 5.75 Å². The highest BCUT2D eigenvalue weighted by Gasteiger charge is 2.21. The second-order valence-electron chi connectivity index (χ2n) is 5.79. The van der Waals surface area contributed by atoms with E-state index in [0.717, 1.165) is 0 Å². The van der Waals surface area contributed by atoms with E-state index >= 15 is 0 Å². The van der Waals surface area contributed by atoms with Gasteiger partial charge in [-0.15, -0.1) is 0 Å². The zero-order chi connectivity index (χ0) is 19.4. The number of anilines is 1. The molecule has 0 radical (unpaired) electrons. The summed E-state index contributed by atoms with van der Waals surface area (Å²) in [6, 6.07) is 13.4. The fourth-order valence-electron chi connectivity index (χ4n) is 2.43. The molecule has 0 aliphatic rings. The molecule has 6 nitrogen and oxygen atoms in total. The van der Waals surface area contributed by atoms with E-state index in [1.165, 1.54) is 13.0 Å². The number of amides is 1. The van der Waals surface area contributed by atoms with E-state index in [0.29, 0.717) is 34.0 Å². The number of halogens is 1. The molecule has 1 aromatic heterocycles. The van der Waals surface area contributed by atoms with E-state index in [-0.39, 0.29) is 5.76 Å². The Hall–Kier alpha value is -2.99. The monoisotopic (exact) mass is 387 g/mol. The van der Waals surface area contributed by atoms with Crippen molar-refractivity contribution in [2.75, 3.05) is 11.9 Å². The summed E-state index contributed by atoms with van der Waals surface area (Å²) in [5, 5.41) is 3.90. The van der Waals surface area contributed by atoms with E-state index in [1.807, 2.05) is 6.92 Å². The molecular formula is C20H18ClNO5. The fraction of sp³-hybridized carbons (Fsp3) is 0.200. The maximum absolute atomic E-state index is 12.2. The van der Waals surface area contributed by atoms with Crippen molar-refractivity contribution in [1.82, 2.24) is 0 Å². The van der Waals surface area contributed by atoms with Gasteiger partial charge in [-0.1, -0.05) is 11.6 Å². The molecule has 0 saturated heterocycles. The van der Waals surface area contributed by atoms with Crippen molar-refractivity contribution in [3.05, 3.63) is 59.3 Å². The summed E-state index contributed by atoms with van der Waals surface area (Å²) >= 11 is 5.92. The summed E-state index contributed by atoms with van der Waals surface area (Å²) in [4.78, 5) is 24.5.